The SMILES string of the molecule is CC1(S(=O)(=O)Nc2nn(CC(F)F)c3c(-c4ccc(C#CC(C)(C)S(=O)(=O)C5CC5)nc4[C@H](Cc4cc(F)cc(F)c4)NC(=O)CN=C4C(=C(N)C(F)F)[C@H]5C=C[C@H]5C4(F)F)ccc(Cl)c23)CC1. The average Bonchev–Trinajstić information content (AvgIpc) is 4.16. The molecule has 8 rings (SSSR count). The topological polar surface area (TPSA) is 179 Å². The first-order valence-electron chi connectivity index (χ1n) is 21.2. The minimum Gasteiger partial charge on any atom is -0.397 e. The summed E-state index contributed by atoms with van der Waals surface area (Å²) in [5.74, 6) is -4.64. The van der Waals surface area contributed by atoms with E-state index in [0.29, 0.717) is 31.7 Å². The summed E-state index contributed by atoms with van der Waals surface area (Å²) in [6.07, 6.45) is -3.02. The number of aliphatic imine (C=N–C) groups is 1. The number of benzene rings is 2. The number of rotatable bonds is 15. The summed E-state index contributed by atoms with van der Waals surface area (Å²) in [5, 5.41) is 5.97. The number of fused-ring (bicyclic) bond motifs is 2. The van der Waals surface area contributed by atoms with Crippen molar-refractivity contribution >= 4 is 59.8 Å². The van der Waals surface area contributed by atoms with Crippen LogP contribution in [0, 0.1) is 35.3 Å². The lowest BCUT2D eigenvalue weighted by Gasteiger charge is -2.25. The summed E-state index contributed by atoms with van der Waals surface area (Å²) in [6.45, 7) is 2.10. The molecule has 0 unspecified atom stereocenters. The Labute approximate surface area is 390 Å². The summed E-state index contributed by atoms with van der Waals surface area (Å²) in [7, 11) is -7.91. The van der Waals surface area contributed by atoms with Crippen molar-refractivity contribution in [2.24, 2.45) is 22.6 Å². The molecule has 23 heteroatoms. The van der Waals surface area contributed by atoms with Crippen molar-refractivity contribution < 1.29 is 56.8 Å². The van der Waals surface area contributed by atoms with E-state index in [1.165, 1.54) is 51.1 Å². The van der Waals surface area contributed by atoms with Crippen LogP contribution in [0.1, 0.15) is 69.4 Å². The Morgan fingerprint density at radius 2 is 1.68 bits per heavy atom. The summed E-state index contributed by atoms with van der Waals surface area (Å²) in [6, 6.07) is 6.30. The van der Waals surface area contributed by atoms with Crippen LogP contribution < -0.4 is 15.8 Å². The lowest BCUT2D eigenvalue weighted by atomic mass is 9.82. The molecule has 362 valence electrons. The normalized spacial score (nSPS) is 21.4. The summed E-state index contributed by atoms with van der Waals surface area (Å²) >= 11 is 6.68. The zero-order valence-corrected chi connectivity index (χ0v) is 38.6. The minimum absolute atomic E-state index is 0.00514. The molecular formula is C45H42ClF8N7O5S2. The number of carbonyl (C=O) groups excluding carboxylic acids is 1. The number of alkyl halides is 6. The molecule has 0 bridgehead atoms. The van der Waals surface area contributed by atoms with Crippen molar-refractivity contribution in [3.8, 4) is 23.0 Å². The number of carbonyl (C=O) groups is 1. The highest BCUT2D eigenvalue weighted by atomic mass is 35.5. The highest BCUT2D eigenvalue weighted by Crippen LogP contribution is 2.53. The van der Waals surface area contributed by atoms with Gasteiger partial charge in [0, 0.05) is 28.7 Å². The van der Waals surface area contributed by atoms with E-state index in [2.05, 4.69) is 32.0 Å². The third kappa shape index (κ3) is 9.08. The third-order valence-corrected chi connectivity index (χ3v) is 17.9. The maximum atomic E-state index is 15.6. The van der Waals surface area contributed by atoms with E-state index in [-0.39, 0.29) is 49.8 Å². The number of hydrogen-bond acceptors (Lipinski definition) is 9. The van der Waals surface area contributed by atoms with Gasteiger partial charge in [-0.25, -0.2) is 48.2 Å². The van der Waals surface area contributed by atoms with Crippen LogP contribution in [0.3, 0.4) is 0 Å². The molecular weight excluding hydrogens is 970 g/mol. The van der Waals surface area contributed by atoms with Gasteiger partial charge in [0.25, 0.3) is 18.8 Å². The van der Waals surface area contributed by atoms with Crippen LogP contribution in [0.25, 0.3) is 22.0 Å². The van der Waals surface area contributed by atoms with Gasteiger partial charge in [-0.1, -0.05) is 35.7 Å². The van der Waals surface area contributed by atoms with E-state index < -0.39 is 125 Å². The number of nitrogens with zero attached hydrogens (tertiary/aromatic N) is 4. The average molecular weight is 1010 g/mol. The molecule has 1 amide bonds. The van der Waals surface area contributed by atoms with E-state index in [4.69, 9.17) is 22.3 Å². The van der Waals surface area contributed by atoms with Crippen molar-refractivity contribution in [3.05, 3.63) is 99.5 Å². The maximum Gasteiger partial charge on any atom is 0.296 e. The van der Waals surface area contributed by atoms with E-state index >= 15 is 8.78 Å². The second-order valence-electron chi connectivity index (χ2n) is 17.9. The monoisotopic (exact) mass is 1010 g/mol. The molecule has 2 aromatic carbocycles. The lowest BCUT2D eigenvalue weighted by molar-refractivity contribution is -0.120. The van der Waals surface area contributed by atoms with E-state index in [1.807, 2.05) is 0 Å². The van der Waals surface area contributed by atoms with Crippen molar-refractivity contribution in [2.45, 2.75) is 99.0 Å². The van der Waals surface area contributed by atoms with Gasteiger partial charge in [0.1, 0.15) is 40.9 Å². The van der Waals surface area contributed by atoms with Gasteiger partial charge in [-0.15, -0.1) is 0 Å². The zero-order chi connectivity index (χ0) is 49.5. The number of pyridine rings is 1. The van der Waals surface area contributed by atoms with Crippen molar-refractivity contribution in [1.29, 1.82) is 0 Å². The molecule has 0 radical (unpaired) electrons. The number of hydrogen-bond donors (Lipinski definition) is 3. The molecule has 0 aliphatic heterocycles. The largest absolute Gasteiger partial charge is 0.397 e. The first-order chi connectivity index (χ1) is 31.7. The molecule has 3 fully saturated rings. The maximum absolute atomic E-state index is 15.6. The van der Waals surface area contributed by atoms with Gasteiger partial charge >= 0.3 is 0 Å². The molecule has 12 nitrogen and oxygen atoms in total. The molecule has 0 saturated heterocycles. The van der Waals surface area contributed by atoms with Crippen LogP contribution in [0.4, 0.5) is 40.9 Å². The fraction of sp³-hybridized carbons (Fsp3) is 0.422. The minimum atomic E-state index is -4.15. The summed E-state index contributed by atoms with van der Waals surface area (Å²) in [5.41, 5.74) is 2.13. The van der Waals surface area contributed by atoms with E-state index in [1.54, 1.807) is 0 Å². The Morgan fingerprint density at radius 1 is 1.01 bits per heavy atom. The van der Waals surface area contributed by atoms with Crippen molar-refractivity contribution in [1.82, 2.24) is 20.1 Å². The number of aromatic nitrogens is 3. The second-order valence-corrected chi connectivity index (χ2v) is 23.3. The van der Waals surface area contributed by atoms with Crippen LogP contribution in [-0.2, 0) is 37.6 Å². The Bertz CT molecular complexity index is 3120. The quantitative estimate of drug-likeness (QED) is 0.0608. The molecule has 0 spiro atoms. The number of amides is 1. The van der Waals surface area contributed by atoms with Crippen molar-refractivity contribution in [3.63, 3.8) is 0 Å². The Morgan fingerprint density at radius 3 is 2.26 bits per heavy atom. The van der Waals surface area contributed by atoms with Gasteiger partial charge < -0.3 is 11.1 Å². The standard InChI is InChI=1S/C45H42ClF8N7O5S2/c1-43(2,67(63,64)26-5-6-26)13-12-25-4-7-27(28-9-11-31(46)36-39(28)61(21-33(49)50)59-42(36)60-68(65,66)44(3)14-15-44)38(57-25)32(18-22-16-23(47)19-24(48)17-22)58-34(62)20-56-40-35(37(55)41(51)52)29-8-10-30(29)45(40,53)54/h4,7-11,16-17,19,26,29-30,32-33,41H,5-6,14-15,18,20-21,55H2,1-3H3,(H,58,62)(H,59,60)/t29-,30+,32-/m0/s1. The molecule has 2 heterocycles. The fourth-order valence-electron chi connectivity index (χ4n) is 8.31. The molecule has 3 saturated carbocycles. The smallest absolute Gasteiger partial charge is 0.296 e. The van der Waals surface area contributed by atoms with Gasteiger partial charge in [-0.05, 0) is 94.7 Å². The molecule has 4 N–H and O–H groups in total. The zero-order valence-electron chi connectivity index (χ0n) is 36.2. The predicted octanol–water partition coefficient (Wildman–Crippen LogP) is 8.07. The Balaban J connectivity index is 1.30. The molecule has 4 aromatic rings. The Hall–Kier alpha value is -5.53. The van der Waals surface area contributed by atoms with Gasteiger partial charge in [0.05, 0.1) is 49.3 Å². The highest BCUT2D eigenvalue weighted by Gasteiger charge is 2.60. The molecule has 4 aliphatic carbocycles. The highest BCUT2D eigenvalue weighted by molar-refractivity contribution is 7.94. The van der Waals surface area contributed by atoms with Crippen molar-refractivity contribution in [2.75, 3.05) is 11.3 Å². The molecule has 68 heavy (non-hydrogen) atoms. The fourth-order valence-corrected chi connectivity index (χ4v) is 11.6. The summed E-state index contributed by atoms with van der Waals surface area (Å²) < 4.78 is 171. The van der Waals surface area contributed by atoms with E-state index in [9.17, 15) is 48.0 Å². The first kappa shape index (κ1) is 48.9. The van der Waals surface area contributed by atoms with Crippen LogP contribution in [0.2, 0.25) is 5.02 Å². The third-order valence-electron chi connectivity index (χ3n) is 12.6. The number of allylic oxidation sites excluding steroid dienone is 4. The first-order valence-corrected chi connectivity index (χ1v) is 24.6. The molecule has 3 atom stereocenters. The number of sulfonamides is 1. The number of nitrogens with two attached hydrogens (primary N) is 1. The number of halogens is 9. The Kier molecular flexibility index (Phi) is 12.6. The number of nitrogens with one attached hydrogen (secondary N) is 2. The van der Waals surface area contributed by atoms with Crippen LogP contribution in [0.15, 0.2) is 70.9 Å². The summed E-state index contributed by atoms with van der Waals surface area (Å²) in [4.78, 5) is 22.5. The van der Waals surface area contributed by atoms with E-state index in [0.717, 1.165) is 22.9 Å². The van der Waals surface area contributed by atoms with Crippen LogP contribution in [-0.4, -0.2) is 83.3 Å². The van der Waals surface area contributed by atoms with Crippen LogP contribution >= 0.6 is 11.6 Å². The lowest BCUT2D eigenvalue weighted by Crippen LogP contribution is -2.35. The van der Waals surface area contributed by atoms with Crippen LogP contribution in [0.5, 0.6) is 0 Å². The number of anilines is 1. The number of sulfone groups is 1. The van der Waals surface area contributed by atoms with Gasteiger partial charge in [-0.3, -0.25) is 19.2 Å². The predicted molar refractivity (Wildman–Crippen MR) is 239 cm³/mol. The van der Waals surface area contributed by atoms with Gasteiger partial charge in [-0.2, -0.15) is 13.9 Å². The van der Waals surface area contributed by atoms with Gasteiger partial charge in [0.2, 0.25) is 15.9 Å². The molecule has 2 aromatic heterocycles. The second kappa shape index (κ2) is 17.5. The molecule has 4 aliphatic rings. The van der Waals surface area contributed by atoms with Gasteiger partial charge in [0.15, 0.2) is 15.7 Å².